The molecule has 0 aliphatic carbocycles. The third-order valence-electron chi connectivity index (χ3n) is 3.56. The van der Waals surface area contributed by atoms with E-state index < -0.39 is 0 Å². The van der Waals surface area contributed by atoms with Gasteiger partial charge in [-0.05, 0) is 29.9 Å². The van der Waals surface area contributed by atoms with Gasteiger partial charge in [-0.15, -0.1) is 0 Å². The molecule has 1 fully saturated rings. The molecule has 1 N–H and O–H groups in total. The average Bonchev–Trinajstić information content (AvgIpc) is 2.52. The second kappa shape index (κ2) is 8.32. The zero-order valence-corrected chi connectivity index (χ0v) is 12.8. The van der Waals surface area contributed by atoms with Gasteiger partial charge in [-0.2, -0.15) is 11.8 Å². The zero-order valence-electron chi connectivity index (χ0n) is 12.0. The highest BCUT2D eigenvalue weighted by Crippen LogP contribution is 2.17. The van der Waals surface area contributed by atoms with Crippen molar-refractivity contribution in [2.75, 3.05) is 18.1 Å². The number of nitrogens with one attached hydrogen (secondary N) is 1. The van der Waals surface area contributed by atoms with Gasteiger partial charge >= 0.3 is 5.97 Å². The summed E-state index contributed by atoms with van der Waals surface area (Å²) in [4.78, 5) is 11.9. The van der Waals surface area contributed by atoms with E-state index in [-0.39, 0.29) is 11.9 Å². The van der Waals surface area contributed by atoms with Crippen LogP contribution in [0, 0.1) is 5.92 Å². The molecule has 1 unspecified atom stereocenters. The molecule has 0 aromatic heterocycles. The quantitative estimate of drug-likeness (QED) is 0.819. The van der Waals surface area contributed by atoms with Crippen LogP contribution in [0.3, 0.4) is 0 Å². The van der Waals surface area contributed by atoms with Crippen molar-refractivity contribution < 1.29 is 9.53 Å². The first kappa shape index (κ1) is 15.4. The van der Waals surface area contributed by atoms with Crippen LogP contribution in [0.1, 0.15) is 25.3 Å². The van der Waals surface area contributed by atoms with Crippen molar-refractivity contribution in [3.8, 4) is 0 Å². The smallest absolute Gasteiger partial charge is 0.310 e. The Morgan fingerprint density at radius 2 is 2.05 bits per heavy atom. The summed E-state index contributed by atoms with van der Waals surface area (Å²) in [6.45, 7) is 3.00. The summed E-state index contributed by atoms with van der Waals surface area (Å²) in [6.07, 6.45) is 2.41. The van der Waals surface area contributed by atoms with Gasteiger partial charge in [0, 0.05) is 12.6 Å². The van der Waals surface area contributed by atoms with E-state index in [1.54, 1.807) is 0 Å². The van der Waals surface area contributed by atoms with Gasteiger partial charge in [0.25, 0.3) is 0 Å². The predicted molar refractivity (Wildman–Crippen MR) is 83.8 cm³/mol. The molecule has 1 aromatic carbocycles. The molecule has 0 saturated carbocycles. The van der Waals surface area contributed by atoms with Gasteiger partial charge in [-0.3, -0.25) is 4.79 Å². The van der Waals surface area contributed by atoms with Gasteiger partial charge in [0.2, 0.25) is 0 Å². The molecule has 110 valence electrons. The van der Waals surface area contributed by atoms with Crippen molar-refractivity contribution in [2.45, 2.75) is 32.4 Å². The van der Waals surface area contributed by atoms with Gasteiger partial charge in [-0.25, -0.2) is 0 Å². The lowest BCUT2D eigenvalue weighted by Crippen LogP contribution is -2.37. The normalized spacial score (nSPS) is 17.6. The number of carbonyl (C=O) groups is 1. The van der Waals surface area contributed by atoms with E-state index in [0.29, 0.717) is 19.2 Å². The van der Waals surface area contributed by atoms with Crippen LogP contribution in [0.5, 0.6) is 0 Å². The summed E-state index contributed by atoms with van der Waals surface area (Å²) in [5.74, 6) is 2.24. The summed E-state index contributed by atoms with van der Waals surface area (Å²) >= 11 is 2.01. The Bertz CT molecular complexity index is 404. The fraction of sp³-hybridized carbons (Fsp3) is 0.562. The monoisotopic (exact) mass is 293 g/mol. The number of hydrogen-bond acceptors (Lipinski definition) is 4. The first-order valence-electron chi connectivity index (χ1n) is 7.27. The molecule has 0 radical (unpaired) electrons. The summed E-state index contributed by atoms with van der Waals surface area (Å²) in [6, 6.07) is 10.4. The Morgan fingerprint density at radius 3 is 2.75 bits per heavy atom. The molecule has 0 amide bonds. The number of carbonyl (C=O) groups excluding carboxylic acids is 1. The highest BCUT2D eigenvalue weighted by Gasteiger charge is 2.18. The van der Waals surface area contributed by atoms with E-state index in [0.717, 1.165) is 5.56 Å². The largest absolute Gasteiger partial charge is 0.461 e. The van der Waals surface area contributed by atoms with Gasteiger partial charge in [0.1, 0.15) is 6.61 Å². The number of esters is 1. The highest BCUT2D eigenvalue weighted by atomic mass is 32.2. The first-order chi connectivity index (χ1) is 9.75. The summed E-state index contributed by atoms with van der Waals surface area (Å²) in [5.41, 5.74) is 1.03. The topological polar surface area (TPSA) is 38.3 Å². The first-order valence-corrected chi connectivity index (χ1v) is 8.43. The van der Waals surface area contributed by atoms with Crippen molar-refractivity contribution in [1.82, 2.24) is 5.32 Å². The van der Waals surface area contributed by atoms with E-state index in [1.807, 2.05) is 49.0 Å². The third-order valence-corrected chi connectivity index (χ3v) is 4.61. The van der Waals surface area contributed by atoms with E-state index in [9.17, 15) is 4.79 Å². The Morgan fingerprint density at radius 1 is 1.35 bits per heavy atom. The summed E-state index contributed by atoms with van der Waals surface area (Å²) < 4.78 is 5.35. The van der Waals surface area contributed by atoms with E-state index in [1.165, 1.54) is 24.3 Å². The molecule has 3 nitrogen and oxygen atoms in total. The predicted octanol–water partition coefficient (Wildman–Crippen LogP) is 2.85. The molecular formula is C16H23NO2S. The van der Waals surface area contributed by atoms with Crippen molar-refractivity contribution >= 4 is 17.7 Å². The van der Waals surface area contributed by atoms with Crippen molar-refractivity contribution in [3.63, 3.8) is 0 Å². The lowest BCUT2D eigenvalue weighted by molar-refractivity contribution is -0.149. The third kappa shape index (κ3) is 5.17. The molecule has 1 heterocycles. The lowest BCUT2D eigenvalue weighted by Gasteiger charge is -2.24. The summed E-state index contributed by atoms with van der Waals surface area (Å²) in [5, 5.41) is 3.49. The van der Waals surface area contributed by atoms with E-state index in [2.05, 4.69) is 5.32 Å². The molecule has 1 aromatic rings. The van der Waals surface area contributed by atoms with E-state index in [4.69, 9.17) is 4.74 Å². The SMILES string of the molecule is CC(CNC1CCSCC1)C(=O)OCc1ccccc1. The van der Waals surface area contributed by atoms with Crippen LogP contribution < -0.4 is 5.32 Å². The Labute approximate surface area is 125 Å². The van der Waals surface area contributed by atoms with Crippen molar-refractivity contribution in [3.05, 3.63) is 35.9 Å². The number of rotatable bonds is 6. The number of ether oxygens (including phenoxy) is 1. The molecule has 2 rings (SSSR count). The van der Waals surface area contributed by atoms with Crippen LogP contribution in [-0.2, 0) is 16.1 Å². The Kier molecular flexibility index (Phi) is 6.40. The number of thioether (sulfide) groups is 1. The standard InChI is InChI=1S/C16H23NO2S/c1-13(11-17-15-7-9-20-10-8-15)16(18)19-12-14-5-3-2-4-6-14/h2-6,13,15,17H,7-12H2,1H3. The molecule has 4 heteroatoms. The van der Waals surface area contributed by atoms with Crippen LogP contribution in [0.2, 0.25) is 0 Å². The second-order valence-corrected chi connectivity index (χ2v) is 6.51. The van der Waals surface area contributed by atoms with Crippen molar-refractivity contribution in [1.29, 1.82) is 0 Å². The minimum Gasteiger partial charge on any atom is -0.461 e. The maximum Gasteiger partial charge on any atom is 0.310 e. The molecule has 0 bridgehead atoms. The second-order valence-electron chi connectivity index (χ2n) is 5.29. The van der Waals surface area contributed by atoms with Crippen LogP contribution in [0.25, 0.3) is 0 Å². The van der Waals surface area contributed by atoms with Gasteiger partial charge < -0.3 is 10.1 Å². The fourth-order valence-electron chi connectivity index (χ4n) is 2.20. The van der Waals surface area contributed by atoms with Crippen LogP contribution in [0.4, 0.5) is 0 Å². The fourth-order valence-corrected chi connectivity index (χ4v) is 3.31. The summed E-state index contributed by atoms with van der Waals surface area (Å²) in [7, 11) is 0. The average molecular weight is 293 g/mol. The zero-order chi connectivity index (χ0) is 14.2. The van der Waals surface area contributed by atoms with Crippen LogP contribution >= 0.6 is 11.8 Å². The molecule has 1 saturated heterocycles. The maximum atomic E-state index is 11.9. The molecule has 0 spiro atoms. The number of benzene rings is 1. The van der Waals surface area contributed by atoms with Crippen LogP contribution in [0.15, 0.2) is 30.3 Å². The van der Waals surface area contributed by atoms with E-state index >= 15 is 0 Å². The molecular weight excluding hydrogens is 270 g/mol. The van der Waals surface area contributed by atoms with Gasteiger partial charge in [0.05, 0.1) is 5.92 Å². The molecule has 1 aliphatic rings. The maximum absolute atomic E-state index is 11.9. The Balaban J connectivity index is 1.66. The minimum atomic E-state index is -0.119. The minimum absolute atomic E-state index is 0.0895. The highest BCUT2D eigenvalue weighted by molar-refractivity contribution is 7.99. The van der Waals surface area contributed by atoms with Gasteiger partial charge in [-0.1, -0.05) is 37.3 Å². The molecule has 1 aliphatic heterocycles. The van der Waals surface area contributed by atoms with Crippen LogP contribution in [-0.4, -0.2) is 30.1 Å². The van der Waals surface area contributed by atoms with Gasteiger partial charge in [0.15, 0.2) is 0 Å². The molecule has 1 atom stereocenters. The lowest BCUT2D eigenvalue weighted by atomic mass is 10.1. The van der Waals surface area contributed by atoms with Crippen molar-refractivity contribution in [2.24, 2.45) is 5.92 Å². The molecule has 20 heavy (non-hydrogen) atoms. The Hall–Kier alpha value is -1.00. The number of hydrogen-bond donors (Lipinski definition) is 1.